The Bertz CT molecular complexity index is 373. The van der Waals surface area contributed by atoms with Crippen molar-refractivity contribution in [1.82, 2.24) is 0 Å². The fourth-order valence-corrected chi connectivity index (χ4v) is 5.43. The molecule has 23 heavy (non-hydrogen) atoms. The summed E-state index contributed by atoms with van der Waals surface area (Å²) in [6.45, 7) is 19.9. The molecule has 1 heterocycles. The van der Waals surface area contributed by atoms with Gasteiger partial charge >= 0.3 is 0 Å². The Morgan fingerprint density at radius 2 is 1.39 bits per heavy atom. The summed E-state index contributed by atoms with van der Waals surface area (Å²) in [5.74, 6) is 0. The second-order valence-corrected chi connectivity index (χ2v) is 22.7. The van der Waals surface area contributed by atoms with Crippen LogP contribution in [0.2, 0.25) is 58.9 Å². The minimum atomic E-state index is -1.77. The zero-order chi connectivity index (χ0) is 18.1. The molecule has 4 atom stereocenters. The van der Waals surface area contributed by atoms with Gasteiger partial charge in [0.15, 0.2) is 31.2 Å². The number of hydrogen-bond acceptors (Lipinski definition) is 5. The topological polar surface area (TPSA) is 57.2 Å². The third-order valence-electron chi connectivity index (χ3n) is 3.17. The molecule has 0 amide bonds. The zero-order valence-electron chi connectivity index (χ0n) is 16.3. The van der Waals surface area contributed by atoms with E-state index in [1.54, 1.807) is 0 Å². The molecule has 1 aliphatic heterocycles. The van der Waals surface area contributed by atoms with E-state index in [0.29, 0.717) is 13.0 Å². The first kappa shape index (κ1) is 21.5. The molecule has 0 bridgehead atoms. The van der Waals surface area contributed by atoms with Crippen LogP contribution in [-0.2, 0) is 18.0 Å². The quantitative estimate of drug-likeness (QED) is 0.686. The predicted octanol–water partition coefficient (Wildman–Crippen LogP) is 3.39. The van der Waals surface area contributed by atoms with Crippen molar-refractivity contribution in [3.63, 3.8) is 0 Å². The van der Waals surface area contributed by atoms with Crippen molar-refractivity contribution in [2.45, 2.75) is 89.9 Å². The number of rotatable bonds is 7. The van der Waals surface area contributed by atoms with Crippen LogP contribution in [0.5, 0.6) is 0 Å². The molecule has 1 rings (SSSR count). The largest absolute Gasteiger partial charge is 0.415 e. The van der Waals surface area contributed by atoms with E-state index in [1.165, 1.54) is 0 Å². The Hall–Kier alpha value is 0.451. The molecule has 8 heteroatoms. The van der Waals surface area contributed by atoms with Crippen molar-refractivity contribution >= 4 is 25.0 Å². The molecular formula is C15H36O5Si3. The van der Waals surface area contributed by atoms with Gasteiger partial charge in [0, 0.05) is 6.42 Å². The number of ether oxygens (including phenoxy) is 1. The van der Waals surface area contributed by atoms with Crippen LogP contribution in [0.1, 0.15) is 6.42 Å². The summed E-state index contributed by atoms with van der Waals surface area (Å²) in [4.78, 5) is 0. The highest BCUT2D eigenvalue weighted by molar-refractivity contribution is 6.70. The van der Waals surface area contributed by atoms with Gasteiger partial charge in [0.1, 0.15) is 6.10 Å². The normalized spacial score (nSPS) is 30.5. The van der Waals surface area contributed by atoms with Gasteiger partial charge in [-0.05, 0) is 58.9 Å². The van der Waals surface area contributed by atoms with Crippen LogP contribution < -0.4 is 0 Å². The maximum Gasteiger partial charge on any atom is 0.184 e. The Labute approximate surface area is 145 Å². The summed E-state index contributed by atoms with van der Waals surface area (Å²) >= 11 is 0. The Balaban J connectivity index is 2.93. The molecule has 0 aliphatic carbocycles. The van der Waals surface area contributed by atoms with Gasteiger partial charge in [0.25, 0.3) is 0 Å². The van der Waals surface area contributed by atoms with Crippen LogP contribution in [0.4, 0.5) is 0 Å². The molecule has 1 fully saturated rings. The lowest BCUT2D eigenvalue weighted by Crippen LogP contribution is -2.57. The van der Waals surface area contributed by atoms with E-state index in [1.807, 2.05) is 0 Å². The standard InChI is InChI=1S/C15H36O5Si3/c1-21(2,3)17-11-13-15(20-23(7,8)9)12(10-14(16)18-13)19-22(4,5)6/h12-16H,10-11H2,1-9H3. The minimum Gasteiger partial charge on any atom is -0.415 e. The third kappa shape index (κ3) is 8.92. The van der Waals surface area contributed by atoms with Crippen LogP contribution >= 0.6 is 0 Å². The molecule has 0 saturated carbocycles. The highest BCUT2D eigenvalue weighted by atomic mass is 28.4. The van der Waals surface area contributed by atoms with Crippen molar-refractivity contribution in [3.05, 3.63) is 0 Å². The van der Waals surface area contributed by atoms with Crippen molar-refractivity contribution in [3.8, 4) is 0 Å². The van der Waals surface area contributed by atoms with Crippen LogP contribution in [0.3, 0.4) is 0 Å². The number of hydrogen-bond donors (Lipinski definition) is 1. The first-order valence-electron chi connectivity index (χ1n) is 8.49. The molecule has 0 radical (unpaired) electrons. The minimum absolute atomic E-state index is 0.132. The molecule has 0 aromatic carbocycles. The Kier molecular flexibility index (Phi) is 7.27. The predicted molar refractivity (Wildman–Crippen MR) is 101 cm³/mol. The number of aliphatic hydroxyl groups excluding tert-OH is 1. The smallest absolute Gasteiger partial charge is 0.184 e. The molecule has 0 spiro atoms. The average molecular weight is 381 g/mol. The summed E-state index contributed by atoms with van der Waals surface area (Å²) in [6.07, 6.45) is -0.935. The van der Waals surface area contributed by atoms with Crippen molar-refractivity contribution in [2.24, 2.45) is 0 Å². The average Bonchev–Trinajstić information content (AvgIpc) is 2.25. The van der Waals surface area contributed by atoms with Crippen molar-refractivity contribution in [2.75, 3.05) is 6.61 Å². The lowest BCUT2D eigenvalue weighted by molar-refractivity contribution is -0.231. The van der Waals surface area contributed by atoms with E-state index >= 15 is 0 Å². The summed E-state index contributed by atoms with van der Waals surface area (Å²) < 4.78 is 24.5. The monoisotopic (exact) mass is 380 g/mol. The molecule has 0 aromatic rings. The zero-order valence-corrected chi connectivity index (χ0v) is 19.3. The van der Waals surface area contributed by atoms with E-state index in [-0.39, 0.29) is 18.3 Å². The Morgan fingerprint density at radius 1 is 0.870 bits per heavy atom. The van der Waals surface area contributed by atoms with Gasteiger partial charge in [-0.3, -0.25) is 0 Å². The highest BCUT2D eigenvalue weighted by Crippen LogP contribution is 2.29. The second kappa shape index (κ2) is 7.77. The molecule has 5 nitrogen and oxygen atoms in total. The maximum absolute atomic E-state index is 10.1. The third-order valence-corrected chi connectivity index (χ3v) is 6.20. The van der Waals surface area contributed by atoms with Gasteiger partial charge in [0.05, 0.1) is 18.8 Å². The molecule has 4 unspecified atom stereocenters. The van der Waals surface area contributed by atoms with Crippen LogP contribution in [0.15, 0.2) is 0 Å². The van der Waals surface area contributed by atoms with E-state index < -0.39 is 31.2 Å². The van der Waals surface area contributed by atoms with Gasteiger partial charge in [-0.25, -0.2) is 0 Å². The molecule has 0 aromatic heterocycles. The molecule has 1 aliphatic rings. The lowest BCUT2D eigenvalue weighted by atomic mass is 10.0. The van der Waals surface area contributed by atoms with Crippen LogP contribution in [0.25, 0.3) is 0 Å². The highest BCUT2D eigenvalue weighted by Gasteiger charge is 2.43. The van der Waals surface area contributed by atoms with E-state index in [9.17, 15) is 5.11 Å². The van der Waals surface area contributed by atoms with E-state index in [4.69, 9.17) is 18.0 Å². The first-order valence-corrected chi connectivity index (χ1v) is 18.7. The van der Waals surface area contributed by atoms with Gasteiger partial charge < -0.3 is 23.1 Å². The first-order chi connectivity index (χ1) is 10.2. The summed E-state index contributed by atoms with van der Waals surface area (Å²) in [5.41, 5.74) is 0. The molecule has 138 valence electrons. The lowest BCUT2D eigenvalue weighted by Gasteiger charge is -2.45. The summed E-state index contributed by atoms with van der Waals surface area (Å²) in [5, 5.41) is 10.1. The van der Waals surface area contributed by atoms with Gasteiger partial charge in [-0.2, -0.15) is 0 Å². The maximum atomic E-state index is 10.1. The van der Waals surface area contributed by atoms with Gasteiger partial charge in [0.2, 0.25) is 0 Å². The molecule has 1 saturated heterocycles. The van der Waals surface area contributed by atoms with E-state index in [2.05, 4.69) is 58.9 Å². The van der Waals surface area contributed by atoms with Crippen molar-refractivity contribution in [1.29, 1.82) is 0 Å². The van der Waals surface area contributed by atoms with Crippen LogP contribution in [0, 0.1) is 0 Å². The van der Waals surface area contributed by atoms with Crippen LogP contribution in [-0.4, -0.2) is 61.3 Å². The van der Waals surface area contributed by atoms with E-state index in [0.717, 1.165) is 0 Å². The summed E-state index contributed by atoms with van der Waals surface area (Å²) in [7, 11) is -5.17. The second-order valence-electron chi connectivity index (χ2n) is 9.25. The SMILES string of the molecule is C[Si](C)(C)OCC1OC(O)CC(O[Si](C)(C)C)C1O[Si](C)(C)C. The van der Waals surface area contributed by atoms with Gasteiger partial charge in [-0.1, -0.05) is 0 Å². The fraction of sp³-hybridized carbons (Fsp3) is 1.00. The number of aliphatic hydroxyl groups is 1. The van der Waals surface area contributed by atoms with Gasteiger partial charge in [-0.15, -0.1) is 0 Å². The molecular weight excluding hydrogens is 344 g/mol. The summed E-state index contributed by atoms with van der Waals surface area (Å²) in [6, 6.07) is 0. The Morgan fingerprint density at radius 3 is 1.83 bits per heavy atom. The molecule has 1 N–H and O–H groups in total. The van der Waals surface area contributed by atoms with Crippen molar-refractivity contribution < 1.29 is 23.1 Å². The fourth-order valence-electron chi connectivity index (χ4n) is 2.50.